The summed E-state index contributed by atoms with van der Waals surface area (Å²) in [6.45, 7) is 3.91. The normalized spacial score (nSPS) is 16.1. The van der Waals surface area contributed by atoms with Gasteiger partial charge in [0.1, 0.15) is 0 Å². The van der Waals surface area contributed by atoms with Gasteiger partial charge in [-0.3, -0.25) is 0 Å². The van der Waals surface area contributed by atoms with Gasteiger partial charge in [0.25, 0.3) is 0 Å². The zero-order valence-electron chi connectivity index (χ0n) is 16.8. The second-order valence-electron chi connectivity index (χ2n) is 6.87. The van der Waals surface area contributed by atoms with Crippen LogP contribution < -0.4 is 10.6 Å². The number of hydrogen-bond acceptors (Lipinski definition) is 4. The van der Waals surface area contributed by atoms with Gasteiger partial charge in [0.15, 0.2) is 5.11 Å². The van der Waals surface area contributed by atoms with Crippen LogP contribution in [-0.2, 0) is 9.53 Å². The molecule has 0 amide bonds. The zero-order chi connectivity index (χ0) is 21.1. The SMILES string of the molecule is CCOC(=O)C1=C(C)NC(=S)N[C@H]1c1cn(-c2ccccc2)nc1-c1ccccc1. The smallest absolute Gasteiger partial charge is 0.338 e. The van der Waals surface area contributed by atoms with Crippen LogP contribution in [0, 0.1) is 0 Å². The van der Waals surface area contributed by atoms with Crippen molar-refractivity contribution >= 4 is 23.3 Å². The molecule has 7 heteroatoms. The number of carbonyl (C=O) groups is 1. The monoisotopic (exact) mass is 418 g/mol. The molecule has 152 valence electrons. The summed E-state index contributed by atoms with van der Waals surface area (Å²) in [7, 11) is 0. The average molecular weight is 419 g/mol. The molecule has 30 heavy (non-hydrogen) atoms. The summed E-state index contributed by atoms with van der Waals surface area (Å²) in [4.78, 5) is 12.8. The zero-order valence-corrected chi connectivity index (χ0v) is 17.6. The van der Waals surface area contributed by atoms with Crippen LogP contribution in [0.1, 0.15) is 25.5 Å². The van der Waals surface area contributed by atoms with Gasteiger partial charge < -0.3 is 15.4 Å². The van der Waals surface area contributed by atoms with Gasteiger partial charge in [-0.2, -0.15) is 5.10 Å². The molecule has 0 radical (unpaired) electrons. The van der Waals surface area contributed by atoms with Gasteiger partial charge in [-0.05, 0) is 38.2 Å². The largest absolute Gasteiger partial charge is 0.463 e. The maximum atomic E-state index is 12.8. The number of thiocarbonyl (C=S) groups is 1. The van der Waals surface area contributed by atoms with E-state index < -0.39 is 6.04 Å². The summed E-state index contributed by atoms with van der Waals surface area (Å²) in [6, 6.07) is 19.3. The standard InChI is InChI=1S/C23H22N4O2S/c1-3-29-22(28)19-15(2)24-23(30)25-21(19)18-14-27(17-12-8-5-9-13-17)26-20(18)16-10-6-4-7-11-16/h4-14,21H,3H2,1-2H3,(H2,24,25,30)/t21-/m0/s1. The number of para-hydroxylation sites is 1. The van der Waals surface area contributed by atoms with E-state index >= 15 is 0 Å². The summed E-state index contributed by atoms with van der Waals surface area (Å²) >= 11 is 5.39. The highest BCUT2D eigenvalue weighted by Gasteiger charge is 2.34. The van der Waals surface area contributed by atoms with Crippen molar-refractivity contribution in [2.24, 2.45) is 0 Å². The Bertz CT molecular complexity index is 1110. The first-order valence-corrected chi connectivity index (χ1v) is 10.1. The van der Waals surface area contributed by atoms with Crippen LogP contribution in [0.2, 0.25) is 0 Å². The third kappa shape index (κ3) is 3.84. The number of benzene rings is 2. The van der Waals surface area contributed by atoms with Gasteiger partial charge >= 0.3 is 5.97 Å². The summed E-state index contributed by atoms with van der Waals surface area (Å²) in [5, 5.41) is 11.6. The number of carbonyl (C=O) groups excluding carboxylic acids is 1. The van der Waals surface area contributed by atoms with Crippen LogP contribution in [0.15, 0.2) is 78.1 Å². The molecule has 0 spiro atoms. The minimum atomic E-state index is -0.481. The van der Waals surface area contributed by atoms with Crippen LogP contribution in [0.4, 0.5) is 0 Å². The molecule has 1 aliphatic rings. The summed E-state index contributed by atoms with van der Waals surface area (Å²) < 4.78 is 7.15. The molecule has 4 rings (SSSR count). The Morgan fingerprint density at radius 1 is 1.13 bits per heavy atom. The van der Waals surface area contributed by atoms with Crippen LogP contribution in [0.25, 0.3) is 16.9 Å². The van der Waals surface area contributed by atoms with Crippen LogP contribution in [0.5, 0.6) is 0 Å². The first-order chi connectivity index (χ1) is 14.6. The third-order valence-electron chi connectivity index (χ3n) is 4.89. The molecule has 0 saturated heterocycles. The molecular formula is C23H22N4O2S. The number of ether oxygens (including phenoxy) is 1. The predicted octanol–water partition coefficient (Wildman–Crippen LogP) is 3.90. The number of esters is 1. The van der Waals surface area contributed by atoms with Crippen LogP contribution in [0.3, 0.4) is 0 Å². The second kappa shape index (κ2) is 8.51. The Balaban J connectivity index is 1.89. The number of hydrogen-bond donors (Lipinski definition) is 2. The molecule has 2 heterocycles. The van der Waals surface area contributed by atoms with Crippen molar-refractivity contribution < 1.29 is 9.53 Å². The van der Waals surface area contributed by atoms with Gasteiger partial charge in [-0.15, -0.1) is 0 Å². The number of aromatic nitrogens is 2. The fourth-order valence-electron chi connectivity index (χ4n) is 3.54. The lowest BCUT2D eigenvalue weighted by molar-refractivity contribution is -0.139. The predicted molar refractivity (Wildman–Crippen MR) is 120 cm³/mol. The molecule has 6 nitrogen and oxygen atoms in total. The van der Waals surface area contributed by atoms with Crippen LogP contribution >= 0.6 is 12.2 Å². The number of nitrogens with one attached hydrogen (secondary N) is 2. The lowest BCUT2D eigenvalue weighted by Crippen LogP contribution is -2.45. The molecule has 1 aromatic heterocycles. The van der Waals surface area contributed by atoms with E-state index in [9.17, 15) is 4.79 Å². The maximum Gasteiger partial charge on any atom is 0.338 e. The highest BCUT2D eigenvalue weighted by atomic mass is 32.1. The highest BCUT2D eigenvalue weighted by molar-refractivity contribution is 7.80. The molecule has 0 fully saturated rings. The van der Waals surface area contributed by atoms with E-state index in [0.717, 1.165) is 22.5 Å². The minimum absolute atomic E-state index is 0.293. The van der Waals surface area contributed by atoms with Crippen molar-refractivity contribution in [1.82, 2.24) is 20.4 Å². The lowest BCUT2D eigenvalue weighted by Gasteiger charge is -2.29. The van der Waals surface area contributed by atoms with Crippen molar-refractivity contribution in [3.8, 4) is 16.9 Å². The van der Waals surface area contributed by atoms with Gasteiger partial charge in [0.05, 0.1) is 29.6 Å². The maximum absolute atomic E-state index is 12.8. The number of nitrogens with zero attached hydrogens (tertiary/aromatic N) is 2. The van der Waals surface area contributed by atoms with E-state index in [0.29, 0.717) is 23.0 Å². The van der Waals surface area contributed by atoms with Gasteiger partial charge in [-0.1, -0.05) is 48.5 Å². The van der Waals surface area contributed by atoms with E-state index in [2.05, 4.69) is 10.6 Å². The fraction of sp³-hybridized carbons (Fsp3) is 0.174. The number of allylic oxidation sites excluding steroid dienone is 1. The van der Waals surface area contributed by atoms with Crippen LogP contribution in [-0.4, -0.2) is 27.5 Å². The van der Waals surface area contributed by atoms with Crippen molar-refractivity contribution in [3.05, 3.63) is 83.7 Å². The molecule has 1 aliphatic heterocycles. The average Bonchev–Trinajstić information content (AvgIpc) is 3.20. The Labute approximate surface area is 180 Å². The summed E-state index contributed by atoms with van der Waals surface area (Å²) in [5.41, 5.74) is 4.67. The van der Waals surface area contributed by atoms with Crippen molar-refractivity contribution in [3.63, 3.8) is 0 Å². The lowest BCUT2D eigenvalue weighted by atomic mass is 9.94. The Hall–Kier alpha value is -3.45. The van der Waals surface area contributed by atoms with E-state index in [-0.39, 0.29) is 5.97 Å². The summed E-state index contributed by atoms with van der Waals surface area (Å²) in [6.07, 6.45) is 1.94. The molecule has 2 aromatic carbocycles. The first kappa shape index (κ1) is 19.8. The van der Waals surface area contributed by atoms with E-state index in [1.165, 1.54) is 0 Å². The van der Waals surface area contributed by atoms with E-state index in [1.807, 2.05) is 78.5 Å². The second-order valence-corrected chi connectivity index (χ2v) is 7.28. The quantitative estimate of drug-likeness (QED) is 0.484. The van der Waals surface area contributed by atoms with Crippen molar-refractivity contribution in [2.75, 3.05) is 6.61 Å². The molecular weight excluding hydrogens is 396 g/mol. The molecule has 0 saturated carbocycles. The summed E-state index contributed by atoms with van der Waals surface area (Å²) in [5.74, 6) is -0.381. The Kier molecular flexibility index (Phi) is 5.63. The van der Waals surface area contributed by atoms with E-state index in [4.69, 9.17) is 22.1 Å². The van der Waals surface area contributed by atoms with E-state index in [1.54, 1.807) is 6.92 Å². The minimum Gasteiger partial charge on any atom is -0.463 e. The molecule has 3 aromatic rings. The van der Waals surface area contributed by atoms with Gasteiger partial charge in [0, 0.05) is 23.0 Å². The van der Waals surface area contributed by atoms with Crippen molar-refractivity contribution in [2.45, 2.75) is 19.9 Å². The van der Waals surface area contributed by atoms with Gasteiger partial charge in [-0.25, -0.2) is 9.48 Å². The molecule has 1 atom stereocenters. The van der Waals surface area contributed by atoms with Gasteiger partial charge in [0.2, 0.25) is 0 Å². The Morgan fingerprint density at radius 2 is 1.80 bits per heavy atom. The Morgan fingerprint density at radius 3 is 2.47 bits per heavy atom. The highest BCUT2D eigenvalue weighted by Crippen LogP contribution is 2.34. The topological polar surface area (TPSA) is 68.2 Å². The molecule has 2 N–H and O–H groups in total. The third-order valence-corrected chi connectivity index (χ3v) is 5.11. The molecule has 0 unspecified atom stereocenters. The fourth-order valence-corrected chi connectivity index (χ4v) is 3.81. The van der Waals surface area contributed by atoms with Crippen molar-refractivity contribution in [1.29, 1.82) is 0 Å². The molecule has 0 bridgehead atoms. The number of rotatable bonds is 5. The first-order valence-electron chi connectivity index (χ1n) is 9.74. The molecule has 0 aliphatic carbocycles.